The van der Waals surface area contributed by atoms with E-state index < -0.39 is 17.6 Å². The Bertz CT molecular complexity index is 567. The van der Waals surface area contributed by atoms with Crippen molar-refractivity contribution >= 4 is 11.9 Å². The Kier molecular flexibility index (Phi) is 5.55. The Morgan fingerprint density at radius 3 is 2.73 bits per heavy atom. The van der Waals surface area contributed by atoms with E-state index in [1.165, 1.54) is 4.90 Å². The Balaban J connectivity index is 1.78. The summed E-state index contributed by atoms with van der Waals surface area (Å²) >= 11 is 0. The zero-order valence-corrected chi connectivity index (χ0v) is 12.4. The number of amides is 1. The van der Waals surface area contributed by atoms with Gasteiger partial charge in [0.15, 0.2) is 5.76 Å². The number of aliphatic hydroxyl groups is 1. The Labute approximate surface area is 128 Å². The maximum Gasteiger partial charge on any atom is 0.339 e. The molecule has 6 heteroatoms. The molecule has 1 aliphatic heterocycles. The maximum absolute atomic E-state index is 11.8. The van der Waals surface area contributed by atoms with E-state index in [9.17, 15) is 14.7 Å². The zero-order valence-electron chi connectivity index (χ0n) is 12.4. The number of hydrogen-bond donors (Lipinski definition) is 1. The second-order valence-electron chi connectivity index (χ2n) is 4.81. The van der Waals surface area contributed by atoms with Crippen molar-refractivity contribution in [3.63, 3.8) is 0 Å². The van der Waals surface area contributed by atoms with Crippen LogP contribution in [0.1, 0.15) is 12.5 Å². The van der Waals surface area contributed by atoms with Gasteiger partial charge in [-0.3, -0.25) is 4.79 Å². The van der Waals surface area contributed by atoms with Crippen LogP contribution >= 0.6 is 0 Å². The molecule has 0 aromatic heterocycles. The summed E-state index contributed by atoms with van der Waals surface area (Å²) in [5.74, 6) is -1.74. The molecule has 1 heterocycles. The average Bonchev–Trinajstić information content (AvgIpc) is 2.81. The molecule has 0 unspecified atom stereocenters. The van der Waals surface area contributed by atoms with Crippen LogP contribution in [0.25, 0.3) is 0 Å². The highest BCUT2D eigenvalue weighted by Gasteiger charge is 2.34. The van der Waals surface area contributed by atoms with Gasteiger partial charge in [0.2, 0.25) is 0 Å². The minimum absolute atomic E-state index is 0.00918. The monoisotopic (exact) mass is 305 g/mol. The second-order valence-corrected chi connectivity index (χ2v) is 4.81. The van der Waals surface area contributed by atoms with Gasteiger partial charge in [0.25, 0.3) is 5.91 Å². The Hall–Kier alpha value is -2.34. The van der Waals surface area contributed by atoms with Gasteiger partial charge in [0.1, 0.15) is 5.57 Å². The molecule has 0 saturated heterocycles. The van der Waals surface area contributed by atoms with E-state index in [0.29, 0.717) is 19.8 Å². The lowest BCUT2D eigenvalue weighted by atomic mass is 10.2. The number of rotatable bonds is 7. The fourth-order valence-electron chi connectivity index (χ4n) is 2.12. The van der Waals surface area contributed by atoms with Gasteiger partial charge in [0.05, 0.1) is 26.4 Å². The van der Waals surface area contributed by atoms with E-state index >= 15 is 0 Å². The summed E-state index contributed by atoms with van der Waals surface area (Å²) in [6, 6.07) is 9.69. The number of ether oxygens (including phenoxy) is 2. The first-order valence-electron chi connectivity index (χ1n) is 7.13. The van der Waals surface area contributed by atoms with Crippen molar-refractivity contribution in [3.05, 3.63) is 47.2 Å². The van der Waals surface area contributed by atoms with Crippen molar-refractivity contribution in [3.8, 4) is 0 Å². The normalized spacial score (nSPS) is 14.6. The van der Waals surface area contributed by atoms with E-state index in [4.69, 9.17) is 9.47 Å². The quantitative estimate of drug-likeness (QED) is 0.609. The Morgan fingerprint density at radius 2 is 2.05 bits per heavy atom. The van der Waals surface area contributed by atoms with E-state index in [-0.39, 0.29) is 18.7 Å². The van der Waals surface area contributed by atoms with Crippen LogP contribution in [0.5, 0.6) is 0 Å². The van der Waals surface area contributed by atoms with Gasteiger partial charge < -0.3 is 19.5 Å². The fraction of sp³-hybridized carbons (Fsp3) is 0.375. The van der Waals surface area contributed by atoms with Crippen molar-refractivity contribution in [2.75, 3.05) is 26.3 Å². The van der Waals surface area contributed by atoms with Crippen LogP contribution in [0.4, 0.5) is 0 Å². The van der Waals surface area contributed by atoms with Crippen molar-refractivity contribution < 1.29 is 24.2 Å². The summed E-state index contributed by atoms with van der Waals surface area (Å²) in [6.07, 6.45) is 0. The molecule has 0 radical (unpaired) electrons. The van der Waals surface area contributed by atoms with Crippen LogP contribution < -0.4 is 0 Å². The van der Waals surface area contributed by atoms with E-state index in [1.54, 1.807) is 6.92 Å². The molecule has 1 N–H and O–H groups in total. The van der Waals surface area contributed by atoms with Gasteiger partial charge in [-0.25, -0.2) is 4.79 Å². The molecule has 0 saturated carbocycles. The largest absolute Gasteiger partial charge is 0.503 e. The van der Waals surface area contributed by atoms with Crippen LogP contribution in [0.15, 0.2) is 41.7 Å². The highest BCUT2D eigenvalue weighted by Crippen LogP contribution is 2.18. The number of hydrogen-bond acceptors (Lipinski definition) is 5. The molecule has 22 heavy (non-hydrogen) atoms. The van der Waals surface area contributed by atoms with Gasteiger partial charge in [-0.2, -0.15) is 0 Å². The number of benzene rings is 1. The highest BCUT2D eigenvalue weighted by atomic mass is 16.5. The fourth-order valence-corrected chi connectivity index (χ4v) is 2.12. The predicted octanol–water partition coefficient (Wildman–Crippen LogP) is 1.42. The first-order valence-corrected chi connectivity index (χ1v) is 7.13. The SMILES string of the molecule is CCOC(=O)C1=C(O)C(=O)N(CCOCc2ccccc2)C1. The van der Waals surface area contributed by atoms with Crippen molar-refractivity contribution in [2.24, 2.45) is 0 Å². The summed E-state index contributed by atoms with van der Waals surface area (Å²) in [4.78, 5) is 24.8. The molecule has 1 aliphatic rings. The van der Waals surface area contributed by atoms with Crippen LogP contribution in [0.2, 0.25) is 0 Å². The summed E-state index contributed by atoms with van der Waals surface area (Å²) in [6.45, 7) is 3.00. The number of esters is 1. The molecule has 118 valence electrons. The summed E-state index contributed by atoms with van der Waals surface area (Å²) in [7, 11) is 0. The lowest BCUT2D eigenvalue weighted by Gasteiger charge is -2.16. The van der Waals surface area contributed by atoms with E-state index in [0.717, 1.165) is 5.56 Å². The van der Waals surface area contributed by atoms with Crippen molar-refractivity contribution in [1.29, 1.82) is 0 Å². The molecule has 2 rings (SSSR count). The van der Waals surface area contributed by atoms with Crippen LogP contribution in [0.3, 0.4) is 0 Å². The second kappa shape index (κ2) is 7.61. The highest BCUT2D eigenvalue weighted by molar-refractivity contribution is 6.05. The predicted molar refractivity (Wildman–Crippen MR) is 79.0 cm³/mol. The molecule has 0 atom stereocenters. The smallest absolute Gasteiger partial charge is 0.339 e. The van der Waals surface area contributed by atoms with Crippen LogP contribution in [-0.2, 0) is 25.7 Å². The zero-order chi connectivity index (χ0) is 15.9. The number of carbonyl (C=O) groups excluding carboxylic acids is 2. The lowest BCUT2D eigenvalue weighted by Crippen LogP contribution is -2.31. The van der Waals surface area contributed by atoms with E-state index in [1.807, 2.05) is 30.3 Å². The summed E-state index contributed by atoms with van der Waals surface area (Å²) < 4.78 is 10.3. The molecule has 0 bridgehead atoms. The van der Waals surface area contributed by atoms with Crippen LogP contribution in [0, 0.1) is 0 Å². The van der Waals surface area contributed by atoms with Crippen molar-refractivity contribution in [1.82, 2.24) is 4.90 Å². The summed E-state index contributed by atoms with van der Waals surface area (Å²) in [5, 5.41) is 9.71. The molecule has 0 fully saturated rings. The van der Waals surface area contributed by atoms with Gasteiger partial charge in [0, 0.05) is 6.54 Å². The Morgan fingerprint density at radius 1 is 1.32 bits per heavy atom. The lowest BCUT2D eigenvalue weighted by molar-refractivity contribution is -0.138. The van der Waals surface area contributed by atoms with Gasteiger partial charge in [-0.1, -0.05) is 30.3 Å². The number of carbonyl (C=O) groups is 2. The van der Waals surface area contributed by atoms with E-state index in [2.05, 4.69) is 0 Å². The number of nitrogens with zero attached hydrogens (tertiary/aromatic N) is 1. The minimum Gasteiger partial charge on any atom is -0.503 e. The average molecular weight is 305 g/mol. The molecule has 6 nitrogen and oxygen atoms in total. The molecule has 0 spiro atoms. The number of aliphatic hydroxyl groups excluding tert-OH is 1. The molecular formula is C16H19NO5. The van der Waals surface area contributed by atoms with Gasteiger partial charge in [-0.15, -0.1) is 0 Å². The topological polar surface area (TPSA) is 76.1 Å². The molecule has 1 aromatic carbocycles. The first-order chi connectivity index (χ1) is 10.6. The van der Waals surface area contributed by atoms with Crippen molar-refractivity contribution in [2.45, 2.75) is 13.5 Å². The third-order valence-electron chi connectivity index (χ3n) is 3.26. The standard InChI is InChI=1S/C16H19NO5/c1-2-22-16(20)13-10-17(15(19)14(13)18)8-9-21-11-12-6-4-3-5-7-12/h3-7,18H,2,8-11H2,1H3. The van der Waals surface area contributed by atoms with Gasteiger partial charge in [-0.05, 0) is 12.5 Å². The van der Waals surface area contributed by atoms with Gasteiger partial charge >= 0.3 is 5.97 Å². The summed E-state index contributed by atoms with van der Waals surface area (Å²) in [5.41, 5.74) is 1.05. The molecule has 1 aromatic rings. The third kappa shape index (κ3) is 3.85. The molecular weight excluding hydrogens is 286 g/mol. The third-order valence-corrected chi connectivity index (χ3v) is 3.26. The maximum atomic E-state index is 11.8. The molecule has 0 aliphatic carbocycles. The molecule has 1 amide bonds. The minimum atomic E-state index is -0.652. The first kappa shape index (κ1) is 16.0. The van der Waals surface area contributed by atoms with Crippen LogP contribution in [-0.4, -0.2) is 48.2 Å².